The minimum absolute atomic E-state index is 0.0495. The maximum absolute atomic E-state index is 7.89. The fraction of sp³-hybridized carbons (Fsp3) is 0.273. The number of guanidine groups is 1. The van der Waals surface area contributed by atoms with Crippen LogP contribution in [0.4, 0.5) is 0 Å². The van der Waals surface area contributed by atoms with E-state index in [0.717, 1.165) is 0 Å². The van der Waals surface area contributed by atoms with Crippen LogP contribution in [-0.4, -0.2) is 18.3 Å². The molecule has 0 fully saturated rings. The van der Waals surface area contributed by atoms with Gasteiger partial charge in [0.1, 0.15) is 0 Å². The average Bonchev–Trinajstić information content (AvgIpc) is 2.25. The van der Waals surface area contributed by atoms with Gasteiger partial charge in [-0.15, -0.1) is 0 Å². The van der Waals surface area contributed by atoms with Gasteiger partial charge in [0, 0.05) is 7.92 Å². The number of nitrogens with zero attached hydrogens (tertiary/aromatic N) is 1. The van der Waals surface area contributed by atoms with E-state index in [4.69, 9.17) is 15.3 Å². The van der Waals surface area contributed by atoms with Crippen LogP contribution >= 0.6 is 0 Å². The van der Waals surface area contributed by atoms with Gasteiger partial charge in [-0.25, -0.2) is 0 Å². The number of amidine groups is 1. The summed E-state index contributed by atoms with van der Waals surface area (Å²) in [5, 5.41) is 9.68. The summed E-state index contributed by atoms with van der Waals surface area (Å²) in [4.78, 5) is 3.91. The molecule has 1 atom stereocenters. The summed E-state index contributed by atoms with van der Waals surface area (Å²) < 4.78 is 23.2. The van der Waals surface area contributed by atoms with Crippen LogP contribution in [0, 0.1) is 5.41 Å². The topological polar surface area (TPSA) is 74.3 Å². The lowest BCUT2D eigenvalue weighted by Crippen LogP contribution is -2.35. The highest BCUT2D eigenvalue weighted by atomic mass is 15.1. The van der Waals surface area contributed by atoms with Crippen LogP contribution in [-0.2, 0) is 6.40 Å². The Kier molecular flexibility index (Phi) is 2.88. The first-order valence-corrected chi connectivity index (χ1v) is 4.52. The van der Waals surface area contributed by atoms with Crippen molar-refractivity contribution >= 4 is 11.8 Å². The molecule has 0 radical (unpaired) electrons. The molecule has 0 aliphatic heterocycles. The maximum Gasteiger partial charge on any atom is 0.194 e. The highest BCUT2D eigenvalue weighted by Gasteiger charge is 1.92. The largest absolute Gasteiger partial charge is 0.370 e. The first kappa shape index (κ1) is 7.45. The average molecular weight is 207 g/mol. The lowest BCUT2D eigenvalue weighted by molar-refractivity contribution is 0.955. The van der Waals surface area contributed by atoms with Gasteiger partial charge in [-0.3, -0.25) is 10.4 Å². The smallest absolute Gasteiger partial charge is 0.194 e. The lowest BCUT2D eigenvalue weighted by Gasteiger charge is -2.02. The summed E-state index contributed by atoms with van der Waals surface area (Å²) in [5.41, 5.74) is 5.83. The SMILES string of the molecule is [2H]c1cccc([2H])c1C([2H])CN=C(N)NC(C)=N. The summed E-state index contributed by atoms with van der Waals surface area (Å²) in [6, 6.07) is 5.02. The van der Waals surface area contributed by atoms with E-state index in [1.54, 1.807) is 18.2 Å². The van der Waals surface area contributed by atoms with E-state index < -0.39 is 6.40 Å². The number of nitrogens with one attached hydrogen (secondary N) is 2. The second kappa shape index (κ2) is 5.80. The minimum atomic E-state index is -0.808. The van der Waals surface area contributed by atoms with Crippen molar-refractivity contribution in [3.63, 3.8) is 0 Å². The second-order valence-electron chi connectivity index (χ2n) is 2.91. The van der Waals surface area contributed by atoms with Crippen LogP contribution in [0.2, 0.25) is 0 Å². The van der Waals surface area contributed by atoms with E-state index in [1.165, 1.54) is 6.92 Å². The predicted octanol–water partition coefficient (Wildman–Crippen LogP) is 1.13. The zero-order valence-electron chi connectivity index (χ0n) is 11.5. The molecular formula is C11H16N4. The van der Waals surface area contributed by atoms with E-state index >= 15 is 0 Å². The van der Waals surface area contributed by atoms with Gasteiger partial charge in [-0.2, -0.15) is 0 Å². The third-order valence-electron chi connectivity index (χ3n) is 1.54. The van der Waals surface area contributed by atoms with Gasteiger partial charge >= 0.3 is 0 Å². The Morgan fingerprint density at radius 2 is 2.27 bits per heavy atom. The lowest BCUT2D eigenvalue weighted by atomic mass is 10.2. The summed E-state index contributed by atoms with van der Waals surface area (Å²) in [6.45, 7) is 1.58. The Balaban J connectivity index is 2.77. The molecule has 0 aliphatic carbocycles. The number of rotatable bonds is 3. The van der Waals surface area contributed by atoms with Gasteiger partial charge in [-0.05, 0) is 18.9 Å². The van der Waals surface area contributed by atoms with Gasteiger partial charge < -0.3 is 11.1 Å². The first-order chi connectivity index (χ1) is 8.41. The Morgan fingerprint density at radius 3 is 2.87 bits per heavy atom. The number of benzene rings is 1. The number of aliphatic imine (C=N–C) groups is 1. The molecule has 4 nitrogen and oxygen atoms in total. The number of hydrogen-bond acceptors (Lipinski definition) is 2. The third kappa shape index (κ3) is 4.81. The van der Waals surface area contributed by atoms with Crippen molar-refractivity contribution in [1.29, 1.82) is 5.41 Å². The molecule has 0 amide bonds. The van der Waals surface area contributed by atoms with Gasteiger partial charge in [0.05, 0.1) is 8.58 Å². The summed E-state index contributed by atoms with van der Waals surface area (Å²) in [5.74, 6) is 0.230. The molecule has 1 unspecified atom stereocenters. The molecule has 0 bridgehead atoms. The quantitative estimate of drug-likeness (QED) is 0.513. The molecule has 4 N–H and O–H groups in total. The van der Waals surface area contributed by atoms with Crippen LogP contribution in [0.25, 0.3) is 0 Å². The first-order valence-electron chi connectivity index (χ1n) is 6.10. The normalized spacial score (nSPS) is 16.1. The molecule has 1 aromatic carbocycles. The van der Waals surface area contributed by atoms with E-state index in [2.05, 4.69) is 10.3 Å². The van der Waals surface area contributed by atoms with Crippen molar-refractivity contribution in [3.05, 3.63) is 35.8 Å². The number of nitrogens with two attached hydrogens (primary N) is 1. The summed E-state index contributed by atoms with van der Waals surface area (Å²) in [6.07, 6.45) is -0.808. The fourth-order valence-corrected chi connectivity index (χ4v) is 0.950. The molecule has 0 saturated heterocycles. The zero-order chi connectivity index (χ0) is 13.7. The number of hydrogen-bond donors (Lipinski definition) is 3. The van der Waals surface area contributed by atoms with Crippen LogP contribution in [0.1, 0.15) is 16.6 Å². The molecule has 0 saturated carbocycles. The molecular weight excluding hydrogens is 188 g/mol. The van der Waals surface area contributed by atoms with Crippen molar-refractivity contribution in [2.24, 2.45) is 10.7 Å². The van der Waals surface area contributed by atoms with E-state index in [1.807, 2.05) is 0 Å². The van der Waals surface area contributed by atoms with Gasteiger partial charge in [0.2, 0.25) is 0 Å². The van der Waals surface area contributed by atoms with E-state index in [-0.39, 0.29) is 30.4 Å². The second-order valence-corrected chi connectivity index (χ2v) is 2.91. The van der Waals surface area contributed by atoms with Gasteiger partial charge in [-0.1, -0.05) is 30.3 Å². The highest BCUT2D eigenvalue weighted by molar-refractivity contribution is 5.96. The van der Waals surface area contributed by atoms with Crippen molar-refractivity contribution in [3.8, 4) is 0 Å². The third-order valence-corrected chi connectivity index (χ3v) is 1.54. The molecule has 0 aromatic heterocycles. The van der Waals surface area contributed by atoms with Crippen LogP contribution in [0.15, 0.2) is 35.3 Å². The molecule has 0 aliphatic rings. The Bertz CT molecular complexity index is 453. The summed E-state index contributed by atoms with van der Waals surface area (Å²) >= 11 is 0. The molecule has 0 spiro atoms. The van der Waals surface area contributed by atoms with Crippen molar-refractivity contribution in [2.45, 2.75) is 13.3 Å². The molecule has 15 heavy (non-hydrogen) atoms. The standard InChI is InChI=1S/C11H16N4/c1-9(12)15-11(13)14-8-7-10-5-3-2-4-6-10/h2-6H,7-8H2,1H3,(H4,12,13,14,15)/i5D,6D,7D. The van der Waals surface area contributed by atoms with Crippen LogP contribution in [0.5, 0.6) is 0 Å². The van der Waals surface area contributed by atoms with Crippen molar-refractivity contribution in [2.75, 3.05) is 6.54 Å². The Labute approximate surface area is 93.9 Å². The van der Waals surface area contributed by atoms with Crippen molar-refractivity contribution in [1.82, 2.24) is 5.32 Å². The van der Waals surface area contributed by atoms with Crippen molar-refractivity contribution < 1.29 is 4.11 Å². The monoisotopic (exact) mass is 207 g/mol. The van der Waals surface area contributed by atoms with E-state index in [0.29, 0.717) is 5.56 Å². The maximum atomic E-state index is 7.89. The van der Waals surface area contributed by atoms with Gasteiger partial charge in [0.15, 0.2) is 5.96 Å². The van der Waals surface area contributed by atoms with Crippen LogP contribution < -0.4 is 11.1 Å². The van der Waals surface area contributed by atoms with Crippen LogP contribution in [0.3, 0.4) is 0 Å². The molecule has 1 aromatic rings. The molecule has 1 rings (SSSR count). The summed E-state index contributed by atoms with van der Waals surface area (Å²) in [7, 11) is 0. The minimum Gasteiger partial charge on any atom is -0.370 e. The molecule has 80 valence electrons. The van der Waals surface area contributed by atoms with Gasteiger partial charge in [0.25, 0.3) is 0 Å². The zero-order valence-corrected chi connectivity index (χ0v) is 8.54. The van der Waals surface area contributed by atoms with E-state index in [9.17, 15) is 0 Å². The predicted molar refractivity (Wildman–Crippen MR) is 63.2 cm³/mol. The molecule has 4 heteroatoms. The highest BCUT2D eigenvalue weighted by Crippen LogP contribution is 1.98. The Morgan fingerprint density at radius 1 is 1.60 bits per heavy atom. The molecule has 0 heterocycles. The Hall–Kier alpha value is -1.84. The fourth-order valence-electron chi connectivity index (χ4n) is 0.950.